The Labute approximate surface area is 201 Å². The van der Waals surface area contributed by atoms with Gasteiger partial charge in [0.2, 0.25) is 5.91 Å². The van der Waals surface area contributed by atoms with Gasteiger partial charge in [-0.05, 0) is 62.2 Å². The van der Waals surface area contributed by atoms with Gasteiger partial charge in [-0.2, -0.15) is 0 Å². The second kappa shape index (κ2) is 11.4. The zero-order valence-corrected chi connectivity index (χ0v) is 20.8. The van der Waals surface area contributed by atoms with Crippen LogP contribution < -0.4 is 14.4 Å². The first-order chi connectivity index (χ1) is 16.3. The molecule has 1 aromatic heterocycles. The van der Waals surface area contributed by atoms with Gasteiger partial charge >= 0.3 is 0 Å². The van der Waals surface area contributed by atoms with Crippen molar-refractivity contribution < 1.29 is 18.8 Å². The number of hydrogen-bond acceptors (Lipinski definition) is 6. The van der Waals surface area contributed by atoms with E-state index in [2.05, 4.69) is 34.3 Å². The Morgan fingerprint density at radius 2 is 1.82 bits per heavy atom. The number of carbonyl (C=O) groups is 1. The lowest BCUT2D eigenvalue weighted by atomic mass is 10.1. The molecule has 0 fully saturated rings. The molecule has 7 heteroatoms. The zero-order valence-electron chi connectivity index (χ0n) is 20.8. The summed E-state index contributed by atoms with van der Waals surface area (Å²) in [5.41, 5.74) is 4.80. The topological polar surface area (TPSA) is 68.0 Å². The second-order valence-electron chi connectivity index (χ2n) is 8.25. The standard InChI is InChI=1S/C27H33N3O4/c1-7-30(17-22-8-12-23(13-9-22)29(4)5)27(31)15-11-21-10-14-25(26(16-21)32-6)33-18-24-19(2)28-34-20(24)3/h8-16H,7,17-18H2,1-6H3/b15-11+. The first kappa shape index (κ1) is 24.9. The monoisotopic (exact) mass is 463 g/mol. The van der Waals surface area contributed by atoms with Crippen LogP contribution in [0.5, 0.6) is 11.5 Å². The highest BCUT2D eigenvalue weighted by atomic mass is 16.5. The Morgan fingerprint density at radius 1 is 1.09 bits per heavy atom. The third kappa shape index (κ3) is 6.19. The van der Waals surface area contributed by atoms with Crippen LogP contribution in [0, 0.1) is 13.8 Å². The lowest BCUT2D eigenvalue weighted by molar-refractivity contribution is -0.126. The van der Waals surface area contributed by atoms with Gasteiger partial charge in [0.25, 0.3) is 0 Å². The summed E-state index contributed by atoms with van der Waals surface area (Å²) in [6, 6.07) is 13.8. The van der Waals surface area contributed by atoms with Crippen molar-refractivity contribution in [3.63, 3.8) is 0 Å². The second-order valence-corrected chi connectivity index (χ2v) is 8.25. The van der Waals surface area contributed by atoms with E-state index in [1.54, 1.807) is 24.2 Å². The van der Waals surface area contributed by atoms with Crippen molar-refractivity contribution >= 4 is 17.7 Å². The number of aryl methyl sites for hydroxylation is 2. The molecule has 0 spiro atoms. The number of benzene rings is 2. The van der Waals surface area contributed by atoms with Crippen molar-refractivity contribution in [2.45, 2.75) is 33.9 Å². The van der Waals surface area contributed by atoms with Gasteiger partial charge in [0.1, 0.15) is 12.4 Å². The Morgan fingerprint density at radius 3 is 2.41 bits per heavy atom. The summed E-state index contributed by atoms with van der Waals surface area (Å²) < 4.78 is 16.6. The first-order valence-electron chi connectivity index (χ1n) is 11.3. The maximum atomic E-state index is 12.8. The number of likely N-dealkylation sites (N-methyl/N-ethyl adjacent to an activating group) is 1. The molecule has 0 radical (unpaired) electrons. The summed E-state index contributed by atoms with van der Waals surface area (Å²) >= 11 is 0. The third-order valence-electron chi connectivity index (χ3n) is 5.68. The number of ether oxygens (including phenoxy) is 2. The molecule has 0 atom stereocenters. The number of aromatic nitrogens is 1. The van der Waals surface area contributed by atoms with E-state index in [1.807, 2.05) is 53.1 Å². The van der Waals surface area contributed by atoms with Crippen LogP contribution in [-0.4, -0.2) is 43.7 Å². The van der Waals surface area contributed by atoms with E-state index in [9.17, 15) is 4.79 Å². The number of nitrogens with zero attached hydrogens (tertiary/aromatic N) is 3. The lowest BCUT2D eigenvalue weighted by Gasteiger charge is -2.20. The number of rotatable bonds is 10. The Bertz CT molecular complexity index is 1110. The van der Waals surface area contributed by atoms with Crippen molar-refractivity contribution in [2.75, 3.05) is 32.6 Å². The SMILES string of the molecule is CCN(Cc1ccc(N(C)C)cc1)C(=O)/C=C/c1ccc(OCc2c(C)noc2C)c(OC)c1. The fourth-order valence-electron chi connectivity index (χ4n) is 3.50. The van der Waals surface area contributed by atoms with Gasteiger partial charge in [0.15, 0.2) is 11.5 Å². The number of amides is 1. The van der Waals surface area contributed by atoms with Crippen molar-refractivity contribution in [1.82, 2.24) is 10.1 Å². The molecule has 0 aliphatic rings. The number of anilines is 1. The largest absolute Gasteiger partial charge is 0.493 e. The predicted molar refractivity (Wildman–Crippen MR) is 134 cm³/mol. The van der Waals surface area contributed by atoms with Crippen LogP contribution in [0.4, 0.5) is 5.69 Å². The maximum Gasteiger partial charge on any atom is 0.246 e. The molecule has 1 amide bonds. The molecule has 3 rings (SSSR count). The average Bonchev–Trinajstić information content (AvgIpc) is 3.16. The minimum Gasteiger partial charge on any atom is -0.493 e. The highest BCUT2D eigenvalue weighted by Crippen LogP contribution is 2.30. The molecule has 0 bridgehead atoms. The smallest absolute Gasteiger partial charge is 0.246 e. The molecule has 0 aliphatic heterocycles. The van der Waals surface area contributed by atoms with Gasteiger partial charge in [0, 0.05) is 38.9 Å². The summed E-state index contributed by atoms with van der Waals surface area (Å²) in [6.45, 7) is 7.25. The van der Waals surface area contributed by atoms with Crippen LogP contribution in [0.1, 0.15) is 35.1 Å². The minimum absolute atomic E-state index is 0.0445. The van der Waals surface area contributed by atoms with Crippen molar-refractivity contribution in [3.05, 3.63) is 76.7 Å². The third-order valence-corrected chi connectivity index (χ3v) is 5.68. The predicted octanol–water partition coefficient (Wildman–Crippen LogP) is 5.01. The number of hydrogen-bond donors (Lipinski definition) is 0. The van der Waals surface area contributed by atoms with Crippen LogP contribution in [-0.2, 0) is 17.9 Å². The fourth-order valence-corrected chi connectivity index (χ4v) is 3.50. The van der Waals surface area contributed by atoms with Gasteiger partial charge in [0.05, 0.1) is 18.4 Å². The van der Waals surface area contributed by atoms with E-state index >= 15 is 0 Å². The molecule has 1 heterocycles. The van der Waals surface area contributed by atoms with Crippen molar-refractivity contribution in [2.24, 2.45) is 0 Å². The normalized spacial score (nSPS) is 11.0. The van der Waals surface area contributed by atoms with E-state index in [1.165, 1.54) is 0 Å². The summed E-state index contributed by atoms with van der Waals surface area (Å²) in [6.07, 6.45) is 3.39. The van der Waals surface area contributed by atoms with Gasteiger partial charge in [-0.15, -0.1) is 0 Å². The molecule has 180 valence electrons. The highest BCUT2D eigenvalue weighted by Gasteiger charge is 2.13. The van der Waals surface area contributed by atoms with Crippen molar-refractivity contribution in [1.29, 1.82) is 0 Å². The minimum atomic E-state index is -0.0445. The number of carbonyl (C=O) groups excluding carboxylic acids is 1. The van der Waals surface area contributed by atoms with Crippen molar-refractivity contribution in [3.8, 4) is 11.5 Å². The first-order valence-corrected chi connectivity index (χ1v) is 11.3. The Kier molecular flexibility index (Phi) is 8.35. The molecule has 2 aromatic carbocycles. The van der Waals surface area contributed by atoms with E-state index in [4.69, 9.17) is 14.0 Å². The molecular weight excluding hydrogens is 430 g/mol. The van der Waals surface area contributed by atoms with E-state index < -0.39 is 0 Å². The van der Waals surface area contributed by atoms with E-state index in [0.717, 1.165) is 33.8 Å². The van der Waals surface area contributed by atoms with Crippen LogP contribution in [0.15, 0.2) is 53.1 Å². The highest BCUT2D eigenvalue weighted by molar-refractivity contribution is 5.91. The molecule has 34 heavy (non-hydrogen) atoms. The van der Waals surface area contributed by atoms with E-state index in [0.29, 0.717) is 31.2 Å². The van der Waals surface area contributed by atoms with Crippen LogP contribution in [0.3, 0.4) is 0 Å². The van der Waals surface area contributed by atoms with Crippen LogP contribution >= 0.6 is 0 Å². The van der Waals surface area contributed by atoms with Gasteiger partial charge in [-0.3, -0.25) is 4.79 Å². The molecule has 3 aromatic rings. The molecular formula is C27H33N3O4. The van der Waals surface area contributed by atoms with Gasteiger partial charge in [-0.25, -0.2) is 0 Å². The molecule has 0 aliphatic carbocycles. The zero-order chi connectivity index (χ0) is 24.7. The molecule has 0 N–H and O–H groups in total. The Balaban J connectivity index is 1.65. The van der Waals surface area contributed by atoms with Crippen LogP contribution in [0.2, 0.25) is 0 Å². The van der Waals surface area contributed by atoms with Gasteiger partial charge < -0.3 is 23.8 Å². The maximum absolute atomic E-state index is 12.8. The molecule has 0 saturated carbocycles. The summed E-state index contributed by atoms with van der Waals surface area (Å²) in [7, 11) is 5.61. The summed E-state index contributed by atoms with van der Waals surface area (Å²) in [5, 5.41) is 3.95. The number of methoxy groups -OCH3 is 1. The molecule has 0 unspecified atom stereocenters. The lowest BCUT2D eigenvalue weighted by Crippen LogP contribution is -2.28. The summed E-state index contributed by atoms with van der Waals surface area (Å²) in [4.78, 5) is 16.7. The fraction of sp³-hybridized carbons (Fsp3) is 0.333. The summed E-state index contributed by atoms with van der Waals surface area (Å²) in [5.74, 6) is 1.90. The molecule has 7 nitrogen and oxygen atoms in total. The molecule has 0 saturated heterocycles. The average molecular weight is 464 g/mol. The van der Waals surface area contributed by atoms with E-state index in [-0.39, 0.29) is 5.91 Å². The quantitative estimate of drug-likeness (QED) is 0.394. The Hall–Kier alpha value is -3.74. The van der Waals surface area contributed by atoms with Gasteiger partial charge in [-0.1, -0.05) is 23.4 Å². The van der Waals surface area contributed by atoms with Crippen LogP contribution in [0.25, 0.3) is 6.08 Å².